The number of hydrogen-bond acceptors (Lipinski definition) is 6. The molecule has 2 aromatic rings. The summed E-state index contributed by atoms with van der Waals surface area (Å²) in [4.78, 5) is 15.0. The maximum atomic E-state index is 12.5. The zero-order valence-corrected chi connectivity index (χ0v) is 18.8. The normalized spacial score (nSPS) is 16.5. The SMILES string of the molecule is CC1CCCN1c1cccc2ccc(/C=C(\C#N)C(=O)CCCOCCOCCO)cc12. The number of aliphatic hydroxyl groups excluding tert-OH is 1. The third kappa shape index (κ3) is 6.39. The van der Waals surface area contributed by atoms with Gasteiger partial charge in [-0.05, 0) is 55.3 Å². The molecule has 0 aromatic heterocycles. The Kier molecular flexibility index (Phi) is 9.24. The molecule has 0 amide bonds. The summed E-state index contributed by atoms with van der Waals surface area (Å²) >= 11 is 0. The molecule has 32 heavy (non-hydrogen) atoms. The summed E-state index contributed by atoms with van der Waals surface area (Å²) in [6.45, 7) is 4.87. The summed E-state index contributed by atoms with van der Waals surface area (Å²) in [5.41, 5.74) is 2.24. The van der Waals surface area contributed by atoms with Crippen LogP contribution < -0.4 is 4.90 Å². The number of carbonyl (C=O) groups excluding carboxylic acids is 1. The van der Waals surface area contributed by atoms with Gasteiger partial charge in [-0.1, -0.05) is 24.3 Å². The predicted octanol–water partition coefficient (Wildman–Crippen LogP) is 4.11. The Morgan fingerprint density at radius 3 is 2.75 bits per heavy atom. The lowest BCUT2D eigenvalue weighted by molar-refractivity contribution is -0.115. The van der Waals surface area contributed by atoms with Crippen LogP contribution in [0.5, 0.6) is 0 Å². The minimum atomic E-state index is -0.172. The second-order valence-corrected chi connectivity index (χ2v) is 8.09. The number of allylic oxidation sites excluding steroid dienone is 1. The van der Waals surface area contributed by atoms with Crippen LogP contribution in [0, 0.1) is 11.3 Å². The highest BCUT2D eigenvalue weighted by Crippen LogP contribution is 2.33. The van der Waals surface area contributed by atoms with Gasteiger partial charge in [0.2, 0.25) is 0 Å². The van der Waals surface area contributed by atoms with Gasteiger partial charge in [-0.2, -0.15) is 5.26 Å². The Morgan fingerprint density at radius 2 is 2.03 bits per heavy atom. The molecule has 1 aliphatic heterocycles. The van der Waals surface area contributed by atoms with Crippen LogP contribution in [0.2, 0.25) is 0 Å². The lowest BCUT2D eigenvalue weighted by Crippen LogP contribution is -2.26. The van der Waals surface area contributed by atoms with E-state index in [2.05, 4.69) is 48.2 Å². The standard InChI is InChI=1S/C26H32N2O4/c1-20-5-3-11-28(20)25-7-2-6-22-10-9-21(18-24(22)25)17-23(19-27)26(30)8-4-13-31-15-16-32-14-12-29/h2,6-7,9-10,17-18,20,29H,3-5,8,11-16H2,1H3/b23-17+. The lowest BCUT2D eigenvalue weighted by atomic mass is 10.0. The van der Waals surface area contributed by atoms with Crippen LogP contribution in [0.1, 0.15) is 38.2 Å². The molecule has 1 N–H and O–H groups in total. The summed E-state index contributed by atoms with van der Waals surface area (Å²) in [6.07, 6.45) is 4.90. The third-order valence-corrected chi connectivity index (χ3v) is 5.78. The first-order valence-electron chi connectivity index (χ1n) is 11.3. The zero-order chi connectivity index (χ0) is 22.8. The van der Waals surface area contributed by atoms with Gasteiger partial charge in [-0.3, -0.25) is 4.79 Å². The molecule has 1 saturated heterocycles. The predicted molar refractivity (Wildman–Crippen MR) is 127 cm³/mol. The van der Waals surface area contributed by atoms with Gasteiger partial charge in [0, 0.05) is 36.7 Å². The number of rotatable bonds is 12. The molecule has 1 heterocycles. The number of ketones is 1. The van der Waals surface area contributed by atoms with Crippen molar-refractivity contribution in [3.63, 3.8) is 0 Å². The van der Waals surface area contributed by atoms with Crippen molar-refractivity contribution in [2.45, 2.75) is 38.6 Å². The van der Waals surface area contributed by atoms with Crippen LogP contribution in [0.4, 0.5) is 5.69 Å². The van der Waals surface area contributed by atoms with Gasteiger partial charge in [0.15, 0.2) is 5.78 Å². The van der Waals surface area contributed by atoms with E-state index < -0.39 is 0 Å². The molecule has 1 unspecified atom stereocenters. The molecular weight excluding hydrogens is 404 g/mol. The van der Waals surface area contributed by atoms with Crippen LogP contribution in [-0.4, -0.2) is 56.5 Å². The smallest absolute Gasteiger partial charge is 0.173 e. The highest BCUT2D eigenvalue weighted by molar-refractivity contribution is 6.04. The van der Waals surface area contributed by atoms with Gasteiger partial charge < -0.3 is 19.5 Å². The summed E-state index contributed by atoms with van der Waals surface area (Å²) < 4.78 is 10.5. The Morgan fingerprint density at radius 1 is 1.22 bits per heavy atom. The number of nitrogens with zero attached hydrogens (tertiary/aromatic N) is 2. The van der Waals surface area contributed by atoms with Crippen molar-refractivity contribution in [3.8, 4) is 6.07 Å². The first-order chi connectivity index (χ1) is 15.6. The van der Waals surface area contributed by atoms with Crippen molar-refractivity contribution in [1.82, 2.24) is 0 Å². The van der Waals surface area contributed by atoms with Gasteiger partial charge in [-0.25, -0.2) is 0 Å². The summed E-state index contributed by atoms with van der Waals surface area (Å²) in [6, 6.07) is 15.0. The molecule has 0 radical (unpaired) electrons. The van der Waals surface area contributed by atoms with E-state index in [4.69, 9.17) is 14.6 Å². The monoisotopic (exact) mass is 436 g/mol. The van der Waals surface area contributed by atoms with Crippen molar-refractivity contribution >= 4 is 28.3 Å². The molecule has 0 bridgehead atoms. The van der Waals surface area contributed by atoms with Crippen molar-refractivity contribution < 1.29 is 19.4 Å². The molecule has 1 atom stereocenters. The minimum absolute atomic E-state index is 0.00628. The molecule has 0 saturated carbocycles. The number of carbonyl (C=O) groups is 1. The average molecular weight is 437 g/mol. The Balaban J connectivity index is 1.64. The molecule has 0 spiro atoms. The number of anilines is 1. The largest absolute Gasteiger partial charge is 0.394 e. The highest BCUT2D eigenvalue weighted by Gasteiger charge is 2.22. The fraction of sp³-hybridized carbons (Fsp3) is 0.462. The fourth-order valence-corrected chi connectivity index (χ4v) is 4.10. The minimum Gasteiger partial charge on any atom is -0.394 e. The number of Topliss-reactive ketones (excluding diaryl/α,β-unsaturated/α-hetero) is 1. The van der Waals surface area contributed by atoms with Crippen LogP contribution in [0.15, 0.2) is 42.0 Å². The number of hydrogen-bond donors (Lipinski definition) is 1. The van der Waals surface area contributed by atoms with Crippen molar-refractivity contribution in [2.75, 3.05) is 44.5 Å². The van der Waals surface area contributed by atoms with Crippen molar-refractivity contribution in [1.29, 1.82) is 5.26 Å². The van der Waals surface area contributed by atoms with Gasteiger partial charge in [-0.15, -0.1) is 0 Å². The molecule has 0 aliphatic carbocycles. The molecule has 170 valence electrons. The van der Waals surface area contributed by atoms with E-state index in [0.29, 0.717) is 38.9 Å². The van der Waals surface area contributed by atoms with E-state index >= 15 is 0 Å². The van der Waals surface area contributed by atoms with Crippen LogP contribution >= 0.6 is 0 Å². The third-order valence-electron chi connectivity index (χ3n) is 5.78. The van der Waals surface area contributed by atoms with Gasteiger partial charge in [0.1, 0.15) is 6.07 Å². The number of benzene rings is 2. The molecule has 2 aromatic carbocycles. The van der Waals surface area contributed by atoms with E-state index in [1.165, 1.54) is 18.5 Å². The quantitative estimate of drug-likeness (QED) is 0.306. The first kappa shape index (κ1) is 23.9. The molecule has 6 nitrogen and oxygen atoms in total. The zero-order valence-electron chi connectivity index (χ0n) is 18.8. The fourth-order valence-electron chi connectivity index (χ4n) is 4.10. The van der Waals surface area contributed by atoms with Gasteiger partial charge in [0.25, 0.3) is 0 Å². The number of aliphatic hydroxyl groups is 1. The van der Waals surface area contributed by atoms with E-state index in [9.17, 15) is 10.1 Å². The molecule has 3 rings (SSSR count). The second-order valence-electron chi connectivity index (χ2n) is 8.09. The number of fused-ring (bicyclic) bond motifs is 1. The maximum Gasteiger partial charge on any atom is 0.173 e. The lowest BCUT2D eigenvalue weighted by Gasteiger charge is -2.25. The van der Waals surface area contributed by atoms with Crippen LogP contribution in [0.3, 0.4) is 0 Å². The highest BCUT2D eigenvalue weighted by atomic mass is 16.5. The van der Waals surface area contributed by atoms with Crippen LogP contribution in [0.25, 0.3) is 16.8 Å². The summed E-state index contributed by atoms with van der Waals surface area (Å²) in [5, 5.41) is 20.5. The van der Waals surface area contributed by atoms with E-state index in [1.807, 2.05) is 6.07 Å². The first-order valence-corrected chi connectivity index (χ1v) is 11.3. The van der Waals surface area contributed by atoms with Gasteiger partial charge >= 0.3 is 0 Å². The van der Waals surface area contributed by atoms with E-state index in [0.717, 1.165) is 22.9 Å². The Labute approximate surface area is 190 Å². The van der Waals surface area contributed by atoms with Crippen molar-refractivity contribution in [2.24, 2.45) is 0 Å². The molecular formula is C26H32N2O4. The molecule has 1 aliphatic rings. The molecule has 6 heteroatoms. The van der Waals surface area contributed by atoms with E-state index in [1.54, 1.807) is 6.08 Å². The van der Waals surface area contributed by atoms with E-state index in [-0.39, 0.29) is 24.4 Å². The van der Waals surface area contributed by atoms with Gasteiger partial charge in [0.05, 0.1) is 32.0 Å². The molecule has 1 fully saturated rings. The van der Waals surface area contributed by atoms with Crippen molar-refractivity contribution in [3.05, 3.63) is 47.5 Å². The topological polar surface area (TPSA) is 82.8 Å². The van der Waals surface area contributed by atoms with Crippen LogP contribution in [-0.2, 0) is 14.3 Å². The maximum absolute atomic E-state index is 12.5. The Hall–Kier alpha value is -2.72. The summed E-state index contributed by atoms with van der Waals surface area (Å²) in [5.74, 6) is -0.172. The summed E-state index contributed by atoms with van der Waals surface area (Å²) in [7, 11) is 0. The Bertz CT molecular complexity index is 979. The number of ether oxygens (including phenoxy) is 2. The second kappa shape index (κ2) is 12.4. The number of nitriles is 1. The average Bonchev–Trinajstić information content (AvgIpc) is 3.24.